The number of hydrogen-bond donors (Lipinski definition) is 1. The number of thiophene rings is 1. The summed E-state index contributed by atoms with van der Waals surface area (Å²) >= 11 is 2.68. The van der Waals surface area contributed by atoms with Crippen molar-refractivity contribution in [2.24, 2.45) is 0 Å². The first kappa shape index (κ1) is 19.2. The average molecular weight is 398 g/mol. The second kappa shape index (κ2) is 8.89. The predicted molar refractivity (Wildman–Crippen MR) is 111 cm³/mol. The number of nitrogens with zero attached hydrogens (tertiary/aromatic N) is 2. The van der Waals surface area contributed by atoms with Crippen LogP contribution in [0.5, 0.6) is 0 Å². The second-order valence-electron chi connectivity index (χ2n) is 5.92. The Morgan fingerprint density at radius 2 is 2.15 bits per heavy atom. The van der Waals surface area contributed by atoms with Crippen molar-refractivity contribution < 1.29 is 9.59 Å². The number of carbonyl (C=O) groups is 2. The molecule has 0 saturated carbocycles. The molecule has 0 radical (unpaired) electrons. The number of amides is 2. The lowest BCUT2D eigenvalue weighted by Gasteiger charge is -2.26. The summed E-state index contributed by atoms with van der Waals surface area (Å²) in [7, 11) is 0. The lowest BCUT2D eigenvalue weighted by atomic mass is 10.0. The third-order valence-electron chi connectivity index (χ3n) is 4.16. The minimum Gasteiger partial charge on any atom is -0.328 e. The van der Waals surface area contributed by atoms with Crippen LogP contribution < -0.4 is 5.32 Å². The molecule has 1 N–H and O–H groups in total. The van der Waals surface area contributed by atoms with E-state index in [4.69, 9.17) is 0 Å². The SMILES string of the molecule is CCSC(=O)N1CCc2c(sc(NC(=O)/C=C/c3ccccc3)c2C#N)C1. The van der Waals surface area contributed by atoms with Gasteiger partial charge in [0.25, 0.3) is 5.24 Å². The van der Waals surface area contributed by atoms with Crippen LogP contribution in [0.25, 0.3) is 6.08 Å². The first-order chi connectivity index (χ1) is 13.1. The van der Waals surface area contributed by atoms with Crippen LogP contribution in [0, 0.1) is 11.3 Å². The third-order valence-corrected chi connectivity index (χ3v) is 6.08. The zero-order valence-electron chi connectivity index (χ0n) is 14.9. The molecule has 2 amide bonds. The molecule has 1 aromatic carbocycles. The van der Waals surface area contributed by atoms with E-state index in [-0.39, 0.29) is 11.1 Å². The van der Waals surface area contributed by atoms with Crippen molar-refractivity contribution in [1.29, 1.82) is 5.26 Å². The second-order valence-corrected chi connectivity index (χ2v) is 8.24. The van der Waals surface area contributed by atoms with Gasteiger partial charge in [0.15, 0.2) is 0 Å². The minimum atomic E-state index is -0.275. The zero-order valence-corrected chi connectivity index (χ0v) is 16.5. The smallest absolute Gasteiger partial charge is 0.281 e. The molecule has 1 aliphatic heterocycles. The van der Waals surface area contributed by atoms with E-state index in [1.165, 1.54) is 29.2 Å². The van der Waals surface area contributed by atoms with Crippen LogP contribution in [-0.2, 0) is 17.8 Å². The molecule has 0 spiro atoms. The first-order valence-corrected chi connectivity index (χ1v) is 10.4. The fourth-order valence-electron chi connectivity index (χ4n) is 2.87. The van der Waals surface area contributed by atoms with Gasteiger partial charge in [-0.15, -0.1) is 11.3 Å². The fourth-order valence-corrected chi connectivity index (χ4v) is 4.67. The van der Waals surface area contributed by atoms with Gasteiger partial charge in [-0.1, -0.05) is 49.0 Å². The van der Waals surface area contributed by atoms with Crippen LogP contribution in [0.2, 0.25) is 0 Å². The van der Waals surface area contributed by atoms with E-state index in [0.29, 0.717) is 30.1 Å². The van der Waals surface area contributed by atoms with Gasteiger partial charge in [-0.05, 0) is 29.4 Å². The van der Waals surface area contributed by atoms with Gasteiger partial charge >= 0.3 is 0 Å². The van der Waals surface area contributed by atoms with Crippen LogP contribution in [0.3, 0.4) is 0 Å². The molecule has 7 heteroatoms. The Kier molecular flexibility index (Phi) is 6.32. The summed E-state index contributed by atoms with van der Waals surface area (Å²) in [6, 6.07) is 11.8. The first-order valence-electron chi connectivity index (χ1n) is 8.62. The Bertz CT molecular complexity index is 913. The summed E-state index contributed by atoms with van der Waals surface area (Å²) in [5.41, 5.74) is 2.41. The Hall–Kier alpha value is -2.56. The molecular weight excluding hydrogens is 378 g/mol. The highest BCUT2D eigenvalue weighted by Gasteiger charge is 2.27. The average Bonchev–Trinajstić information content (AvgIpc) is 3.03. The summed E-state index contributed by atoms with van der Waals surface area (Å²) in [5.74, 6) is 0.467. The summed E-state index contributed by atoms with van der Waals surface area (Å²) in [6.45, 7) is 3.05. The molecule has 0 unspecified atom stereocenters. The number of fused-ring (bicyclic) bond motifs is 1. The molecule has 2 heterocycles. The summed E-state index contributed by atoms with van der Waals surface area (Å²) in [5, 5.41) is 13.0. The van der Waals surface area contributed by atoms with Gasteiger partial charge in [0, 0.05) is 17.5 Å². The Morgan fingerprint density at radius 3 is 2.85 bits per heavy atom. The third kappa shape index (κ3) is 4.59. The Labute approximate surface area is 166 Å². The molecule has 3 rings (SSSR count). The highest BCUT2D eigenvalue weighted by atomic mass is 32.2. The van der Waals surface area contributed by atoms with Gasteiger partial charge in [-0.25, -0.2) is 0 Å². The summed E-state index contributed by atoms with van der Waals surface area (Å²) in [6.07, 6.45) is 3.83. The molecule has 0 aliphatic carbocycles. The van der Waals surface area contributed by atoms with E-state index in [1.54, 1.807) is 11.0 Å². The molecule has 0 bridgehead atoms. The number of anilines is 1. The highest BCUT2D eigenvalue weighted by Crippen LogP contribution is 2.37. The fraction of sp³-hybridized carbons (Fsp3) is 0.250. The number of hydrogen-bond acceptors (Lipinski definition) is 5. The topological polar surface area (TPSA) is 73.2 Å². The van der Waals surface area contributed by atoms with E-state index in [1.807, 2.05) is 37.3 Å². The quantitative estimate of drug-likeness (QED) is 0.771. The standard InChI is InChI=1S/C20H19N3O2S2/c1-2-26-20(25)23-11-10-15-16(12-21)19(27-17(15)13-23)22-18(24)9-8-14-6-4-3-5-7-14/h3-9H,2,10-11,13H2,1H3,(H,22,24)/b9-8+. The highest BCUT2D eigenvalue weighted by molar-refractivity contribution is 8.13. The summed E-state index contributed by atoms with van der Waals surface area (Å²) < 4.78 is 0. The molecule has 2 aromatic rings. The number of nitrogens with one attached hydrogen (secondary N) is 1. The maximum Gasteiger partial charge on any atom is 0.281 e. The van der Waals surface area contributed by atoms with Gasteiger partial charge < -0.3 is 10.2 Å². The van der Waals surface area contributed by atoms with Gasteiger partial charge in [0.2, 0.25) is 5.91 Å². The number of carbonyl (C=O) groups excluding carboxylic acids is 2. The monoisotopic (exact) mass is 397 g/mol. The largest absolute Gasteiger partial charge is 0.328 e. The number of benzene rings is 1. The van der Waals surface area contributed by atoms with Crippen molar-refractivity contribution in [2.75, 3.05) is 17.6 Å². The Balaban J connectivity index is 1.74. The van der Waals surface area contributed by atoms with Crippen LogP contribution in [-0.4, -0.2) is 28.3 Å². The van der Waals surface area contributed by atoms with Crippen LogP contribution in [0.4, 0.5) is 9.80 Å². The molecule has 0 fully saturated rings. The van der Waals surface area contributed by atoms with Crippen molar-refractivity contribution in [3.05, 3.63) is 58.0 Å². The van der Waals surface area contributed by atoms with E-state index in [2.05, 4.69) is 11.4 Å². The van der Waals surface area contributed by atoms with Crippen molar-refractivity contribution in [3.63, 3.8) is 0 Å². The van der Waals surface area contributed by atoms with E-state index in [9.17, 15) is 14.9 Å². The van der Waals surface area contributed by atoms with E-state index < -0.39 is 0 Å². The van der Waals surface area contributed by atoms with Gasteiger partial charge in [0.1, 0.15) is 11.1 Å². The van der Waals surface area contributed by atoms with Crippen molar-refractivity contribution in [1.82, 2.24) is 4.90 Å². The number of rotatable bonds is 4. The van der Waals surface area contributed by atoms with Crippen LogP contribution >= 0.6 is 23.1 Å². The van der Waals surface area contributed by atoms with E-state index in [0.717, 1.165) is 21.8 Å². The predicted octanol–water partition coefficient (Wildman–Crippen LogP) is 4.50. The Morgan fingerprint density at radius 1 is 1.37 bits per heavy atom. The van der Waals surface area contributed by atoms with Crippen LogP contribution in [0.1, 0.15) is 28.5 Å². The lowest BCUT2D eigenvalue weighted by Crippen LogP contribution is -2.32. The molecule has 1 aliphatic rings. The van der Waals surface area contributed by atoms with Crippen molar-refractivity contribution >= 4 is 45.3 Å². The summed E-state index contributed by atoms with van der Waals surface area (Å²) in [4.78, 5) is 27.2. The molecule has 138 valence electrons. The number of nitriles is 1. The molecule has 27 heavy (non-hydrogen) atoms. The van der Waals surface area contributed by atoms with E-state index >= 15 is 0 Å². The van der Waals surface area contributed by atoms with Gasteiger partial charge in [0.05, 0.1) is 12.1 Å². The van der Waals surface area contributed by atoms with Crippen molar-refractivity contribution in [3.8, 4) is 6.07 Å². The molecule has 0 saturated heterocycles. The van der Waals surface area contributed by atoms with Gasteiger partial charge in [-0.3, -0.25) is 9.59 Å². The molecule has 0 atom stereocenters. The zero-order chi connectivity index (χ0) is 19.2. The normalized spacial score (nSPS) is 13.3. The lowest BCUT2D eigenvalue weighted by molar-refractivity contribution is -0.111. The minimum absolute atomic E-state index is 0.0615. The maximum atomic E-state index is 12.3. The maximum absolute atomic E-state index is 12.3. The van der Waals surface area contributed by atoms with Crippen molar-refractivity contribution in [2.45, 2.75) is 19.9 Å². The van der Waals surface area contributed by atoms with Crippen LogP contribution in [0.15, 0.2) is 36.4 Å². The molecule has 1 aromatic heterocycles. The van der Waals surface area contributed by atoms with Gasteiger partial charge in [-0.2, -0.15) is 5.26 Å². The molecule has 5 nitrogen and oxygen atoms in total. The molecular formula is C20H19N3O2S2. The number of thioether (sulfide) groups is 1.